The van der Waals surface area contributed by atoms with E-state index < -0.39 is 88.1 Å². The Labute approximate surface area is 353 Å². The molecule has 0 aromatic rings. The third-order valence-corrected chi connectivity index (χ3v) is 9.69. The molecule has 0 radical (unpaired) electrons. The molecule has 6 heterocycles. The van der Waals surface area contributed by atoms with Crippen LogP contribution in [0.3, 0.4) is 0 Å². The van der Waals surface area contributed by atoms with E-state index in [0.717, 1.165) is 0 Å². The van der Waals surface area contributed by atoms with Crippen molar-refractivity contribution in [2.24, 2.45) is 21.5 Å². The van der Waals surface area contributed by atoms with E-state index in [9.17, 15) is 29.4 Å². The van der Waals surface area contributed by atoms with Gasteiger partial charge in [0.05, 0.1) is 30.3 Å². The number of aliphatic hydroxyl groups is 2. The number of carbonyl (C=O) groups is 4. The van der Waals surface area contributed by atoms with Gasteiger partial charge in [-0.3, -0.25) is 20.2 Å². The Hall–Kier alpha value is -3.66. The molecule has 0 unspecified atom stereocenters. The number of aliphatic hydroxyl groups excluding tert-OH is 2. The number of amides is 4. The van der Waals surface area contributed by atoms with Crippen molar-refractivity contribution in [2.75, 3.05) is 26.3 Å². The van der Waals surface area contributed by atoms with E-state index in [0.29, 0.717) is 18.2 Å². The molecule has 318 valence electrons. The SMILES string of the molecule is C=C1N[C@H]2[C@H](COC(N)=O)N=C(NC(=O)C(Cl)(Cl)Cl)N3CC=C[C@]23N1.C=C1N[C@H]2[C@H](COC(N)=O)N=C(NC(=O)C(Cl)(Cl)Cl)N3C[C@H](O)[C@H](O)[C@]23N1.[O]=[Os](=[O])(=[O])=[O]. The van der Waals surface area contributed by atoms with E-state index in [4.69, 9.17) is 105 Å². The maximum atomic E-state index is 12.1. The van der Waals surface area contributed by atoms with Crippen LogP contribution in [0.2, 0.25) is 0 Å². The molecule has 0 aromatic carbocycles. The van der Waals surface area contributed by atoms with Crippen molar-refractivity contribution in [3.8, 4) is 0 Å². The quantitative estimate of drug-likeness (QED) is 0.103. The van der Waals surface area contributed by atoms with Gasteiger partial charge in [-0.2, -0.15) is 0 Å². The van der Waals surface area contributed by atoms with Crippen molar-refractivity contribution in [1.82, 2.24) is 41.7 Å². The van der Waals surface area contributed by atoms with E-state index in [1.165, 1.54) is 4.90 Å². The van der Waals surface area contributed by atoms with Gasteiger partial charge in [-0.15, -0.1) is 0 Å². The molecule has 4 amide bonds. The number of aliphatic imine (C=N–C) groups is 2. The summed E-state index contributed by atoms with van der Waals surface area (Å²) in [4.78, 5) is 58.1. The van der Waals surface area contributed by atoms with Gasteiger partial charge in [-0.1, -0.05) is 88.8 Å². The van der Waals surface area contributed by atoms with Crippen molar-refractivity contribution >= 4 is 106 Å². The molecule has 8 atom stereocenters. The van der Waals surface area contributed by atoms with Gasteiger partial charge in [0, 0.05) is 6.54 Å². The monoisotopic (exact) mass is 1110 g/mol. The summed E-state index contributed by atoms with van der Waals surface area (Å²) in [5, 5.41) is 38.1. The van der Waals surface area contributed by atoms with Gasteiger partial charge in [0.25, 0.3) is 19.4 Å². The zero-order chi connectivity index (χ0) is 43.1. The van der Waals surface area contributed by atoms with Crippen LogP contribution in [-0.4, -0.2) is 138 Å². The molecular formula is C26H32Cl6N12O12Os. The number of hydrogen-bond acceptors (Lipinski definition) is 20. The number of rotatable bonds is 4. The Morgan fingerprint density at radius 3 is 1.75 bits per heavy atom. The van der Waals surface area contributed by atoms with Crippen LogP contribution in [0, 0.1) is 0 Å². The maximum absolute atomic E-state index is 12.1. The Morgan fingerprint density at radius 2 is 1.28 bits per heavy atom. The molecular weight excluding hydrogens is 1080 g/mol. The van der Waals surface area contributed by atoms with Crippen molar-refractivity contribution in [3.05, 3.63) is 37.0 Å². The first-order chi connectivity index (χ1) is 26.1. The molecule has 2 spiro atoms. The number of guanidine groups is 2. The third kappa shape index (κ3) is 10.3. The van der Waals surface area contributed by atoms with Crippen molar-refractivity contribution in [3.63, 3.8) is 0 Å². The first-order valence-electron chi connectivity index (χ1n) is 15.5. The summed E-state index contributed by atoms with van der Waals surface area (Å²) in [6.45, 7) is 7.65. The number of alkyl halides is 6. The topological polar surface area (TPSA) is 351 Å². The minimum absolute atomic E-state index is 0.0814. The van der Waals surface area contributed by atoms with Crippen LogP contribution in [0.1, 0.15) is 0 Å². The van der Waals surface area contributed by atoms with Crippen LogP contribution in [-0.2, 0) is 48.1 Å². The van der Waals surface area contributed by atoms with Crippen LogP contribution in [0.4, 0.5) is 9.59 Å². The molecule has 3 saturated heterocycles. The molecule has 6 aliphatic heterocycles. The van der Waals surface area contributed by atoms with Crippen molar-refractivity contribution in [1.29, 1.82) is 0 Å². The van der Waals surface area contributed by atoms with Gasteiger partial charge in [-0.05, 0) is 6.08 Å². The first-order valence-corrected chi connectivity index (χ1v) is 21.9. The fourth-order valence-corrected chi connectivity index (χ4v) is 6.99. The molecule has 57 heavy (non-hydrogen) atoms. The second-order valence-electron chi connectivity index (χ2n) is 12.3. The number of nitrogens with two attached hydrogens (primary N) is 2. The molecule has 24 nitrogen and oxygen atoms in total. The number of nitrogens with one attached hydrogen (secondary N) is 6. The number of halogens is 6. The predicted molar refractivity (Wildman–Crippen MR) is 192 cm³/mol. The van der Waals surface area contributed by atoms with Gasteiger partial charge in [0.1, 0.15) is 37.5 Å². The average molecular weight is 1110 g/mol. The Kier molecular flexibility index (Phi) is 13.6. The van der Waals surface area contributed by atoms with E-state index in [1.807, 2.05) is 12.2 Å². The zero-order valence-electron chi connectivity index (χ0n) is 28.4. The summed E-state index contributed by atoms with van der Waals surface area (Å²) in [7, 11) is 0. The molecule has 31 heteroatoms. The van der Waals surface area contributed by atoms with Crippen molar-refractivity contribution in [2.45, 2.75) is 55.3 Å². The first kappa shape index (κ1) is 46.0. The number of ether oxygens (including phenoxy) is 2. The van der Waals surface area contributed by atoms with Gasteiger partial charge < -0.3 is 62.2 Å². The van der Waals surface area contributed by atoms with Gasteiger partial charge in [-0.25, -0.2) is 19.6 Å². The van der Waals surface area contributed by atoms with Gasteiger partial charge in [0.2, 0.25) is 11.9 Å². The van der Waals surface area contributed by atoms with Crippen molar-refractivity contribution < 1.29 is 67.9 Å². The number of carbonyl (C=O) groups excluding carboxylic acids is 4. The van der Waals surface area contributed by atoms with Crippen LogP contribution in [0.5, 0.6) is 0 Å². The zero-order valence-corrected chi connectivity index (χ0v) is 35.5. The van der Waals surface area contributed by atoms with E-state index >= 15 is 0 Å². The molecule has 0 aromatic heterocycles. The normalized spacial score (nSPS) is 30.6. The standard InChI is InChI=1S/C13H17Cl3N6O5.C13H15Cl3N6O3.4O.Os/c1-4-18-7-5(3-27-10(17)26)19-11(20-9(25)13(14,15)16)22-2-6(23)8(24)12(7,22)21-4;1-6-18-8-7(5-25-10(17)24)19-11(20-9(23)13(14,15)16)22-4-2-3-12(8,22)21-6;;;;;/h5-8,18,21,23-24H,1-3H2,(H2,17,26)(H,19,20,25);2-3,7-8,18,21H,1,4-5H2,(H2,17,24)(H,19,20,23);;;;;/t5-,6-,7-,8-,12-;7-,8-,12+;;;;;/m00...../s1. The van der Waals surface area contributed by atoms with Gasteiger partial charge in [0.15, 0.2) is 11.3 Å². The minimum atomic E-state index is -6.06. The molecule has 12 N–H and O–H groups in total. The fraction of sp³-hybridized carbons (Fsp3) is 0.538. The second kappa shape index (κ2) is 16.9. The number of nitrogens with zero attached hydrogens (tertiary/aromatic N) is 4. The summed E-state index contributed by atoms with van der Waals surface area (Å²) in [5.41, 5.74) is 7.98. The number of hydrogen-bond donors (Lipinski definition) is 10. The summed E-state index contributed by atoms with van der Waals surface area (Å²) < 4.78 is 39.8. The predicted octanol–water partition coefficient (Wildman–Crippen LogP) is -2.50. The van der Waals surface area contributed by atoms with Crippen LogP contribution >= 0.6 is 69.6 Å². The molecule has 3 fully saturated rings. The third-order valence-electron chi connectivity index (χ3n) is 8.66. The molecule has 6 rings (SSSR count). The van der Waals surface area contributed by atoms with E-state index in [1.54, 1.807) is 4.90 Å². The van der Waals surface area contributed by atoms with Gasteiger partial charge >= 0.3 is 41.2 Å². The Morgan fingerprint density at radius 1 is 0.842 bits per heavy atom. The summed E-state index contributed by atoms with van der Waals surface area (Å²) in [6, 6.07) is -2.37. The molecule has 0 saturated carbocycles. The average Bonchev–Trinajstić information content (AvgIpc) is 3.80. The molecule has 0 aliphatic carbocycles. The summed E-state index contributed by atoms with van der Waals surface area (Å²) >= 11 is 27.6. The summed E-state index contributed by atoms with van der Waals surface area (Å²) in [6.07, 6.45) is -0.625. The fourth-order valence-electron chi connectivity index (χ4n) is 6.70. The van der Waals surface area contributed by atoms with E-state index in [2.05, 4.69) is 55.0 Å². The van der Waals surface area contributed by atoms with Crippen LogP contribution in [0.15, 0.2) is 46.9 Å². The number of primary amides is 2. The summed E-state index contributed by atoms with van der Waals surface area (Å²) in [5.74, 6) is -0.841. The Balaban J connectivity index is 0.000000226. The molecule has 0 bridgehead atoms. The Bertz CT molecular complexity index is 2010. The van der Waals surface area contributed by atoms with Crippen LogP contribution < -0.4 is 43.4 Å². The molecule has 6 aliphatic rings. The van der Waals surface area contributed by atoms with E-state index in [-0.39, 0.29) is 37.7 Å². The van der Waals surface area contributed by atoms with Crippen LogP contribution in [0.25, 0.3) is 0 Å². The second-order valence-corrected chi connectivity index (χ2v) is 19.4.